The van der Waals surface area contributed by atoms with Gasteiger partial charge in [0, 0.05) is 33.9 Å². The fourth-order valence-corrected chi connectivity index (χ4v) is 10.3. The van der Waals surface area contributed by atoms with E-state index >= 15 is 0 Å². The second kappa shape index (κ2) is 12.8. The molecule has 6 aromatic rings. The fourth-order valence-electron chi connectivity index (χ4n) is 10.3. The van der Waals surface area contributed by atoms with Crippen molar-refractivity contribution in [3.63, 3.8) is 0 Å². The Bertz CT molecular complexity index is 2200. The number of nitrogens with zero attached hydrogens (tertiary/aromatic N) is 2. The lowest BCUT2D eigenvalue weighted by atomic mass is 9.57. The number of benzene rings is 6. The monoisotopic (exact) mass is 678 g/mol. The van der Waals surface area contributed by atoms with E-state index in [4.69, 9.17) is 0 Å². The third kappa shape index (κ3) is 5.55. The zero-order valence-electron chi connectivity index (χ0n) is 31.1. The lowest BCUT2D eigenvalue weighted by Gasteiger charge is -2.48. The van der Waals surface area contributed by atoms with Gasteiger partial charge < -0.3 is 9.80 Å². The summed E-state index contributed by atoms with van der Waals surface area (Å²) in [6.07, 6.45) is 6.88. The third-order valence-electron chi connectivity index (χ3n) is 12.9. The van der Waals surface area contributed by atoms with Gasteiger partial charge in [-0.3, -0.25) is 0 Å². The van der Waals surface area contributed by atoms with Crippen LogP contribution in [0, 0.1) is 17.8 Å². The minimum absolute atomic E-state index is 0.142. The predicted molar refractivity (Wildman–Crippen MR) is 220 cm³/mol. The quantitative estimate of drug-likeness (QED) is 0.166. The molecular weight excluding hydrogens is 629 g/mol. The number of anilines is 6. The molecule has 0 aliphatic heterocycles. The topological polar surface area (TPSA) is 6.48 Å². The lowest BCUT2D eigenvalue weighted by Crippen LogP contribution is -2.39. The molecule has 0 aromatic heterocycles. The Morgan fingerprint density at radius 1 is 0.519 bits per heavy atom. The molecule has 6 aromatic carbocycles. The maximum absolute atomic E-state index is 2.54. The normalized spacial score (nSPS) is 22.7. The van der Waals surface area contributed by atoms with Gasteiger partial charge in [0.15, 0.2) is 0 Å². The first-order valence-corrected chi connectivity index (χ1v) is 19.4. The van der Waals surface area contributed by atoms with E-state index in [0.29, 0.717) is 0 Å². The fraction of sp³-hybridized carbons (Fsp3) is 0.280. The first-order chi connectivity index (χ1) is 25.3. The van der Waals surface area contributed by atoms with Crippen LogP contribution in [-0.4, -0.2) is 0 Å². The Hall–Kier alpha value is -5.08. The standard InChI is InChI=1S/C50H50N2/c1-35-25-26-36-31-37(35)34-50(4,33-36)38-27-29-41(30-28-38)51(39-15-7-5-8-16-39)42-19-13-20-43(32-42)52(40-17-9-6-10-18-40)47-24-14-22-45-44-21-11-12-23-46(44)49(2,3)48(45)47/h5-24,27-30,32,35-37H,25-26,31,33-34H2,1-4H3/t35-,36?,37?,50?/m0/s1. The molecule has 2 fully saturated rings. The molecule has 3 aliphatic carbocycles. The number of para-hydroxylation sites is 2. The van der Waals surface area contributed by atoms with Gasteiger partial charge in [-0.1, -0.05) is 132 Å². The largest absolute Gasteiger partial charge is 0.310 e. The molecule has 2 saturated carbocycles. The van der Waals surface area contributed by atoms with E-state index in [1.165, 1.54) is 71.3 Å². The van der Waals surface area contributed by atoms with Crippen LogP contribution in [0.15, 0.2) is 152 Å². The second-order valence-corrected chi connectivity index (χ2v) is 16.7. The van der Waals surface area contributed by atoms with Crippen molar-refractivity contribution in [2.45, 2.75) is 70.6 Å². The van der Waals surface area contributed by atoms with Gasteiger partial charge in [-0.2, -0.15) is 0 Å². The highest BCUT2D eigenvalue weighted by Crippen LogP contribution is 2.55. The third-order valence-corrected chi connectivity index (χ3v) is 12.9. The molecule has 0 radical (unpaired) electrons. The Labute approximate surface area is 310 Å². The number of rotatable bonds is 7. The molecule has 0 spiro atoms. The summed E-state index contributed by atoms with van der Waals surface area (Å²) in [4.78, 5) is 4.88. The summed E-state index contributed by atoms with van der Waals surface area (Å²) in [7, 11) is 0. The average molecular weight is 679 g/mol. The van der Waals surface area contributed by atoms with Gasteiger partial charge in [0.25, 0.3) is 0 Å². The van der Waals surface area contributed by atoms with Crippen molar-refractivity contribution < 1.29 is 0 Å². The van der Waals surface area contributed by atoms with E-state index in [0.717, 1.165) is 40.5 Å². The molecule has 0 heterocycles. The first kappa shape index (κ1) is 32.8. The van der Waals surface area contributed by atoms with Crippen LogP contribution in [-0.2, 0) is 10.8 Å². The second-order valence-electron chi connectivity index (χ2n) is 16.7. The Morgan fingerprint density at radius 2 is 1.10 bits per heavy atom. The van der Waals surface area contributed by atoms with Gasteiger partial charge in [0.1, 0.15) is 0 Å². The van der Waals surface area contributed by atoms with Gasteiger partial charge in [0.2, 0.25) is 0 Å². The molecule has 2 heteroatoms. The van der Waals surface area contributed by atoms with Crippen molar-refractivity contribution in [2.75, 3.05) is 9.80 Å². The highest BCUT2D eigenvalue weighted by atomic mass is 15.2. The lowest BCUT2D eigenvalue weighted by molar-refractivity contribution is 0.0782. The van der Waals surface area contributed by atoms with E-state index in [9.17, 15) is 0 Å². The minimum Gasteiger partial charge on any atom is -0.310 e. The maximum Gasteiger partial charge on any atom is 0.0508 e. The maximum atomic E-state index is 2.54. The Kier molecular flexibility index (Phi) is 8.11. The molecule has 260 valence electrons. The molecule has 3 unspecified atom stereocenters. The van der Waals surface area contributed by atoms with Crippen molar-refractivity contribution in [1.82, 2.24) is 0 Å². The Balaban J connectivity index is 1.14. The molecule has 3 aliphatic rings. The molecule has 9 rings (SSSR count). The SMILES string of the molecule is C[C@H]1CCC2CC1CC(C)(c1ccc(N(c3ccccc3)c3cccc(N(c4ccccc4)c4cccc5c4C(C)(C)c4ccccc4-5)c3)cc1)C2. The summed E-state index contributed by atoms with van der Waals surface area (Å²) in [5.41, 5.74) is 14.0. The van der Waals surface area contributed by atoms with Crippen LogP contribution in [0.25, 0.3) is 11.1 Å². The number of hydrogen-bond acceptors (Lipinski definition) is 2. The molecule has 2 nitrogen and oxygen atoms in total. The van der Waals surface area contributed by atoms with Crippen LogP contribution >= 0.6 is 0 Å². The summed E-state index contributed by atoms with van der Waals surface area (Å²) in [5, 5.41) is 0. The van der Waals surface area contributed by atoms with Crippen molar-refractivity contribution in [1.29, 1.82) is 0 Å². The number of hydrogen-bond donors (Lipinski definition) is 0. The molecule has 2 bridgehead atoms. The van der Waals surface area contributed by atoms with Gasteiger partial charge in [-0.05, 0) is 131 Å². The highest BCUT2D eigenvalue weighted by Gasteiger charge is 2.43. The van der Waals surface area contributed by atoms with Crippen LogP contribution < -0.4 is 9.80 Å². The van der Waals surface area contributed by atoms with Gasteiger partial charge in [-0.15, -0.1) is 0 Å². The summed E-state index contributed by atoms with van der Waals surface area (Å²) < 4.78 is 0. The van der Waals surface area contributed by atoms with Crippen molar-refractivity contribution >= 4 is 34.1 Å². The molecular formula is C50H50N2. The van der Waals surface area contributed by atoms with E-state index in [-0.39, 0.29) is 10.8 Å². The van der Waals surface area contributed by atoms with Crippen LogP contribution in [0.4, 0.5) is 34.1 Å². The summed E-state index contributed by atoms with van der Waals surface area (Å²) in [5.74, 6) is 2.59. The van der Waals surface area contributed by atoms with Gasteiger partial charge >= 0.3 is 0 Å². The molecule has 0 amide bonds. The number of fused-ring (bicyclic) bond motifs is 5. The van der Waals surface area contributed by atoms with Crippen LogP contribution in [0.1, 0.15) is 76.5 Å². The molecule has 4 atom stereocenters. The van der Waals surface area contributed by atoms with E-state index < -0.39 is 0 Å². The molecule has 0 saturated heterocycles. The Morgan fingerprint density at radius 3 is 1.83 bits per heavy atom. The smallest absolute Gasteiger partial charge is 0.0508 e. The zero-order chi connectivity index (χ0) is 35.5. The van der Waals surface area contributed by atoms with Crippen LogP contribution in [0.2, 0.25) is 0 Å². The molecule has 52 heavy (non-hydrogen) atoms. The van der Waals surface area contributed by atoms with Crippen LogP contribution in [0.3, 0.4) is 0 Å². The first-order valence-electron chi connectivity index (χ1n) is 19.4. The van der Waals surface area contributed by atoms with Crippen LogP contribution in [0.5, 0.6) is 0 Å². The van der Waals surface area contributed by atoms with E-state index in [1.54, 1.807) is 0 Å². The summed E-state index contributed by atoms with van der Waals surface area (Å²) >= 11 is 0. The summed E-state index contributed by atoms with van der Waals surface area (Å²) in [6, 6.07) is 56.2. The predicted octanol–water partition coefficient (Wildman–Crippen LogP) is 14.0. The van der Waals surface area contributed by atoms with Gasteiger partial charge in [-0.25, -0.2) is 0 Å². The van der Waals surface area contributed by atoms with Gasteiger partial charge in [0.05, 0.1) is 5.69 Å². The van der Waals surface area contributed by atoms with E-state index in [1.807, 2.05) is 0 Å². The minimum atomic E-state index is -0.142. The average Bonchev–Trinajstić information content (AvgIpc) is 3.41. The summed E-state index contributed by atoms with van der Waals surface area (Å²) in [6.45, 7) is 9.78. The van der Waals surface area contributed by atoms with Crippen molar-refractivity contribution in [2.24, 2.45) is 17.8 Å². The zero-order valence-corrected chi connectivity index (χ0v) is 31.1. The van der Waals surface area contributed by atoms with Crippen molar-refractivity contribution in [3.05, 3.63) is 168 Å². The van der Waals surface area contributed by atoms with Crippen molar-refractivity contribution in [3.8, 4) is 11.1 Å². The molecule has 0 N–H and O–H groups in total. The van der Waals surface area contributed by atoms with E-state index in [2.05, 4.69) is 189 Å². The highest BCUT2D eigenvalue weighted by molar-refractivity contribution is 5.91.